The van der Waals surface area contributed by atoms with Crippen molar-refractivity contribution in [3.63, 3.8) is 0 Å². The summed E-state index contributed by atoms with van der Waals surface area (Å²) in [6, 6.07) is 8.37. The maximum atomic E-state index is 12.8. The number of ether oxygens (including phenoxy) is 1. The van der Waals surface area contributed by atoms with E-state index in [9.17, 15) is 18.0 Å². The van der Waals surface area contributed by atoms with Crippen molar-refractivity contribution in [3.05, 3.63) is 29.8 Å². The molecule has 1 aromatic rings. The first-order chi connectivity index (χ1) is 10.8. The summed E-state index contributed by atoms with van der Waals surface area (Å²) < 4.78 is 43.9. The van der Waals surface area contributed by atoms with Crippen molar-refractivity contribution in [3.8, 4) is 11.8 Å². The van der Waals surface area contributed by atoms with Crippen LogP contribution < -0.4 is 4.74 Å². The fourth-order valence-corrected chi connectivity index (χ4v) is 2.60. The van der Waals surface area contributed by atoms with Crippen molar-refractivity contribution >= 4 is 5.91 Å². The molecule has 2 atom stereocenters. The van der Waals surface area contributed by atoms with Crippen LogP contribution in [0, 0.1) is 17.2 Å². The Hall–Kier alpha value is -2.23. The molecule has 1 fully saturated rings. The van der Waals surface area contributed by atoms with Crippen LogP contribution in [0.5, 0.6) is 5.75 Å². The average molecular weight is 326 g/mol. The number of amides is 1. The number of alkyl halides is 3. The minimum absolute atomic E-state index is 0.0415. The summed E-state index contributed by atoms with van der Waals surface area (Å²) in [5.41, 5.74) is 0.277. The average Bonchev–Trinajstić information content (AvgIpc) is 2.54. The molecule has 124 valence electrons. The number of hydrogen-bond donors (Lipinski definition) is 0. The van der Waals surface area contributed by atoms with Crippen LogP contribution in [-0.2, 0) is 4.79 Å². The number of halogens is 3. The number of carbonyl (C=O) groups is 1. The molecule has 4 nitrogen and oxygen atoms in total. The van der Waals surface area contributed by atoms with Crippen molar-refractivity contribution < 1.29 is 22.7 Å². The summed E-state index contributed by atoms with van der Waals surface area (Å²) in [7, 11) is 0. The van der Waals surface area contributed by atoms with E-state index < -0.39 is 24.1 Å². The predicted molar refractivity (Wildman–Crippen MR) is 76.6 cm³/mol. The third-order valence-corrected chi connectivity index (χ3v) is 3.85. The van der Waals surface area contributed by atoms with Gasteiger partial charge in [0.25, 0.3) is 5.91 Å². The standard InChI is InChI=1S/C16H17F3N2O2/c1-11(23-14-7-3-2-5-12(14)9-20)15(22)21-8-4-6-13(10-21)16(17,18)19/h2-3,5,7,11,13H,4,6,8,10H2,1H3. The Morgan fingerprint density at radius 2 is 2.13 bits per heavy atom. The second-order valence-electron chi connectivity index (χ2n) is 5.53. The molecule has 0 radical (unpaired) electrons. The summed E-state index contributed by atoms with van der Waals surface area (Å²) in [6.45, 7) is 1.43. The highest BCUT2D eigenvalue weighted by Gasteiger charge is 2.43. The van der Waals surface area contributed by atoms with Crippen LogP contribution in [0.3, 0.4) is 0 Å². The van der Waals surface area contributed by atoms with Crippen molar-refractivity contribution in [2.45, 2.75) is 32.0 Å². The van der Waals surface area contributed by atoms with Crippen LogP contribution in [-0.4, -0.2) is 36.2 Å². The molecule has 0 aromatic heterocycles. The second kappa shape index (κ2) is 6.90. The molecule has 0 N–H and O–H groups in total. The zero-order valence-corrected chi connectivity index (χ0v) is 12.6. The maximum absolute atomic E-state index is 12.8. The molecule has 2 unspecified atom stereocenters. The number of para-hydroxylation sites is 1. The molecule has 0 aliphatic carbocycles. The summed E-state index contributed by atoms with van der Waals surface area (Å²) in [6.07, 6.45) is -4.88. The van der Waals surface area contributed by atoms with Crippen molar-refractivity contribution in [2.75, 3.05) is 13.1 Å². The lowest BCUT2D eigenvalue weighted by molar-refractivity contribution is -0.189. The summed E-state index contributed by atoms with van der Waals surface area (Å²) in [4.78, 5) is 13.5. The summed E-state index contributed by atoms with van der Waals surface area (Å²) in [5, 5.41) is 8.99. The van der Waals surface area contributed by atoms with E-state index in [4.69, 9.17) is 10.00 Å². The van der Waals surface area contributed by atoms with Gasteiger partial charge < -0.3 is 9.64 Å². The molecule has 23 heavy (non-hydrogen) atoms. The smallest absolute Gasteiger partial charge is 0.393 e. The van der Waals surface area contributed by atoms with E-state index >= 15 is 0 Å². The predicted octanol–water partition coefficient (Wildman–Crippen LogP) is 3.13. The van der Waals surface area contributed by atoms with Gasteiger partial charge >= 0.3 is 6.18 Å². The fourth-order valence-electron chi connectivity index (χ4n) is 2.60. The number of likely N-dealkylation sites (tertiary alicyclic amines) is 1. The molecule has 1 aliphatic heterocycles. The van der Waals surface area contributed by atoms with Crippen LogP contribution in [0.1, 0.15) is 25.3 Å². The van der Waals surface area contributed by atoms with Gasteiger partial charge in [0, 0.05) is 13.1 Å². The van der Waals surface area contributed by atoms with E-state index in [1.807, 2.05) is 6.07 Å². The minimum atomic E-state index is -4.30. The van der Waals surface area contributed by atoms with Crippen LogP contribution in [0.4, 0.5) is 13.2 Å². The molecule has 1 aromatic carbocycles. The van der Waals surface area contributed by atoms with E-state index in [0.717, 1.165) is 0 Å². The highest BCUT2D eigenvalue weighted by molar-refractivity contribution is 5.81. The van der Waals surface area contributed by atoms with Gasteiger partial charge in [-0.05, 0) is 31.9 Å². The Morgan fingerprint density at radius 3 is 2.78 bits per heavy atom. The van der Waals surface area contributed by atoms with E-state index in [-0.39, 0.29) is 24.3 Å². The zero-order chi connectivity index (χ0) is 17.0. The van der Waals surface area contributed by atoms with Crippen LogP contribution >= 0.6 is 0 Å². The number of piperidine rings is 1. The lowest BCUT2D eigenvalue weighted by Crippen LogP contribution is -2.48. The normalized spacial score (nSPS) is 19.8. The SMILES string of the molecule is CC(Oc1ccccc1C#N)C(=O)N1CCCC(C(F)(F)F)C1. The third-order valence-electron chi connectivity index (χ3n) is 3.85. The van der Waals surface area contributed by atoms with Gasteiger partial charge in [-0.2, -0.15) is 18.4 Å². The highest BCUT2D eigenvalue weighted by atomic mass is 19.4. The minimum Gasteiger partial charge on any atom is -0.480 e. The van der Waals surface area contributed by atoms with Gasteiger partial charge in [-0.1, -0.05) is 12.1 Å². The Kier molecular flexibility index (Phi) is 5.14. The molecule has 0 saturated carbocycles. The highest BCUT2D eigenvalue weighted by Crippen LogP contribution is 2.33. The third kappa shape index (κ3) is 4.15. The zero-order valence-electron chi connectivity index (χ0n) is 12.6. The van der Waals surface area contributed by atoms with Crippen molar-refractivity contribution in [1.82, 2.24) is 4.90 Å². The topological polar surface area (TPSA) is 53.3 Å². The monoisotopic (exact) mass is 326 g/mol. The first-order valence-corrected chi connectivity index (χ1v) is 7.34. The Morgan fingerprint density at radius 1 is 1.43 bits per heavy atom. The molecule has 1 aliphatic rings. The number of benzene rings is 1. The van der Waals surface area contributed by atoms with E-state index in [2.05, 4.69) is 0 Å². The Bertz CT molecular complexity index is 610. The number of nitriles is 1. The molecular formula is C16H17F3N2O2. The Balaban J connectivity index is 2.03. The Labute approximate surface area is 132 Å². The largest absolute Gasteiger partial charge is 0.480 e. The quantitative estimate of drug-likeness (QED) is 0.857. The van der Waals surface area contributed by atoms with Crippen LogP contribution in [0.15, 0.2) is 24.3 Å². The lowest BCUT2D eigenvalue weighted by atomic mass is 9.97. The maximum Gasteiger partial charge on any atom is 0.393 e. The van der Waals surface area contributed by atoms with Crippen LogP contribution in [0.2, 0.25) is 0 Å². The molecule has 1 amide bonds. The van der Waals surface area contributed by atoms with Gasteiger partial charge in [0.15, 0.2) is 6.10 Å². The van der Waals surface area contributed by atoms with Gasteiger partial charge in [-0.3, -0.25) is 4.79 Å². The van der Waals surface area contributed by atoms with E-state index in [0.29, 0.717) is 13.0 Å². The second-order valence-corrected chi connectivity index (χ2v) is 5.53. The van der Waals surface area contributed by atoms with Crippen LogP contribution in [0.25, 0.3) is 0 Å². The first-order valence-electron chi connectivity index (χ1n) is 7.34. The van der Waals surface area contributed by atoms with Gasteiger partial charge in [0.2, 0.25) is 0 Å². The lowest BCUT2D eigenvalue weighted by Gasteiger charge is -2.35. The molecule has 0 spiro atoms. The summed E-state index contributed by atoms with van der Waals surface area (Å²) in [5.74, 6) is -1.73. The molecule has 1 heterocycles. The molecule has 7 heteroatoms. The van der Waals surface area contributed by atoms with Crippen molar-refractivity contribution in [1.29, 1.82) is 5.26 Å². The van der Waals surface area contributed by atoms with Gasteiger partial charge in [-0.15, -0.1) is 0 Å². The first kappa shape index (κ1) is 17.1. The fraction of sp³-hybridized carbons (Fsp3) is 0.500. The van der Waals surface area contributed by atoms with E-state index in [1.165, 1.54) is 11.8 Å². The molecular weight excluding hydrogens is 309 g/mol. The van der Waals surface area contributed by atoms with Gasteiger partial charge in [-0.25, -0.2) is 0 Å². The number of carbonyl (C=O) groups excluding carboxylic acids is 1. The van der Waals surface area contributed by atoms with Gasteiger partial charge in [0.05, 0.1) is 11.5 Å². The number of nitrogens with zero attached hydrogens (tertiary/aromatic N) is 2. The summed E-state index contributed by atoms with van der Waals surface area (Å²) >= 11 is 0. The van der Waals surface area contributed by atoms with Gasteiger partial charge in [0.1, 0.15) is 11.8 Å². The number of rotatable bonds is 3. The molecule has 2 rings (SSSR count). The molecule has 0 bridgehead atoms. The van der Waals surface area contributed by atoms with Crippen molar-refractivity contribution in [2.24, 2.45) is 5.92 Å². The molecule has 1 saturated heterocycles. The number of hydrogen-bond acceptors (Lipinski definition) is 3. The van der Waals surface area contributed by atoms with E-state index in [1.54, 1.807) is 24.3 Å².